The van der Waals surface area contributed by atoms with Gasteiger partial charge in [-0.3, -0.25) is 14.8 Å². The number of hydrogen-bond acceptors (Lipinski definition) is 7. The van der Waals surface area contributed by atoms with E-state index in [0.29, 0.717) is 35.1 Å². The number of nitrogens with zero attached hydrogens (tertiary/aromatic N) is 7. The fraction of sp³-hybridized carbons (Fsp3) is 0.391. The first-order chi connectivity index (χ1) is 16.0. The Morgan fingerprint density at radius 2 is 1.94 bits per heavy atom. The Kier molecular flexibility index (Phi) is 5.35. The summed E-state index contributed by atoms with van der Waals surface area (Å²) < 4.78 is 15.0. The van der Waals surface area contributed by atoms with Gasteiger partial charge in [0.05, 0.1) is 30.7 Å². The minimum atomic E-state index is -0.498. The average molecular weight is 449 g/mol. The van der Waals surface area contributed by atoms with Crippen LogP contribution in [0.3, 0.4) is 0 Å². The van der Waals surface area contributed by atoms with Crippen LogP contribution in [0.5, 0.6) is 0 Å². The van der Waals surface area contributed by atoms with Gasteiger partial charge >= 0.3 is 0 Å². The van der Waals surface area contributed by atoms with Crippen LogP contribution in [-0.2, 0) is 0 Å². The van der Waals surface area contributed by atoms with Gasteiger partial charge in [0, 0.05) is 24.9 Å². The fourth-order valence-electron chi connectivity index (χ4n) is 4.07. The number of anilines is 1. The fourth-order valence-corrected chi connectivity index (χ4v) is 4.07. The van der Waals surface area contributed by atoms with Crippen LogP contribution < -0.4 is 10.5 Å². The first kappa shape index (κ1) is 21.2. The van der Waals surface area contributed by atoms with Crippen molar-refractivity contribution in [3.05, 3.63) is 70.2 Å². The molecule has 2 atom stereocenters. The monoisotopic (exact) mass is 448 g/mol. The second-order valence-corrected chi connectivity index (χ2v) is 8.48. The summed E-state index contributed by atoms with van der Waals surface area (Å²) in [4.78, 5) is 35.0. The van der Waals surface area contributed by atoms with Crippen LogP contribution in [0.4, 0.5) is 10.3 Å². The van der Waals surface area contributed by atoms with Crippen molar-refractivity contribution in [2.45, 2.75) is 51.1 Å². The molecule has 0 saturated heterocycles. The third kappa shape index (κ3) is 3.96. The molecule has 1 saturated carbocycles. The summed E-state index contributed by atoms with van der Waals surface area (Å²) in [5.74, 6) is 0.910. The van der Waals surface area contributed by atoms with Gasteiger partial charge in [-0.05, 0) is 37.8 Å². The number of aromatic amines is 1. The van der Waals surface area contributed by atoms with Gasteiger partial charge in [-0.25, -0.2) is 19.0 Å². The van der Waals surface area contributed by atoms with E-state index in [9.17, 15) is 9.18 Å². The summed E-state index contributed by atoms with van der Waals surface area (Å²) in [6.07, 6.45) is 8.74. The number of hydrogen-bond donors (Lipinski definition) is 1. The highest BCUT2D eigenvalue weighted by Gasteiger charge is 2.26. The van der Waals surface area contributed by atoms with Crippen molar-refractivity contribution >= 4 is 17.0 Å². The molecule has 0 aliphatic heterocycles. The Labute approximate surface area is 189 Å². The molecule has 5 rings (SSSR count). The van der Waals surface area contributed by atoms with Crippen molar-refractivity contribution in [2.24, 2.45) is 0 Å². The molecule has 1 aliphatic carbocycles. The normalized spacial score (nSPS) is 15.5. The largest absolute Gasteiger partial charge is 0.335 e. The van der Waals surface area contributed by atoms with Gasteiger partial charge in [-0.1, -0.05) is 13.0 Å². The number of rotatable bonds is 7. The Balaban J connectivity index is 1.50. The molecule has 0 bridgehead atoms. The van der Waals surface area contributed by atoms with Crippen molar-refractivity contribution in [1.82, 2.24) is 34.7 Å². The third-order valence-corrected chi connectivity index (χ3v) is 6.23. The van der Waals surface area contributed by atoms with E-state index in [1.165, 1.54) is 19.0 Å². The lowest BCUT2D eigenvalue weighted by molar-refractivity contribution is 0.565. The van der Waals surface area contributed by atoms with Crippen LogP contribution in [0, 0.1) is 5.82 Å². The molecular formula is C23H25FN8O. The molecule has 0 spiro atoms. The quantitative estimate of drug-likeness (QED) is 0.461. The van der Waals surface area contributed by atoms with Gasteiger partial charge in [0.25, 0.3) is 5.56 Å². The summed E-state index contributed by atoms with van der Waals surface area (Å²) in [6, 6.07) is 3.69. The number of halogens is 1. The zero-order valence-electron chi connectivity index (χ0n) is 18.7. The van der Waals surface area contributed by atoms with Crippen LogP contribution in [0.1, 0.15) is 68.2 Å². The summed E-state index contributed by atoms with van der Waals surface area (Å²) in [5, 5.41) is 4.87. The van der Waals surface area contributed by atoms with E-state index in [-0.39, 0.29) is 17.6 Å². The standard InChI is InChI=1S/C23H25FN8O/c1-4-19(20-26-10-16(24)11-27-20)31(3)23-29-21-17(22(33)30-23)12-28-32(21)13(2)15-7-8-18(25-9-15)14-5-6-14/h7-14,19H,4-6H2,1-3H3,(H,29,30,33). The summed E-state index contributed by atoms with van der Waals surface area (Å²) >= 11 is 0. The highest BCUT2D eigenvalue weighted by molar-refractivity contribution is 5.74. The molecule has 1 N–H and O–H groups in total. The molecule has 170 valence electrons. The number of pyridine rings is 1. The molecule has 4 heterocycles. The van der Waals surface area contributed by atoms with Gasteiger partial charge in [0.15, 0.2) is 17.3 Å². The molecule has 1 aliphatic rings. The summed E-state index contributed by atoms with van der Waals surface area (Å²) in [7, 11) is 1.80. The lowest BCUT2D eigenvalue weighted by atomic mass is 10.1. The van der Waals surface area contributed by atoms with Gasteiger partial charge in [-0.15, -0.1) is 0 Å². The molecule has 4 aromatic rings. The zero-order valence-corrected chi connectivity index (χ0v) is 18.7. The van der Waals surface area contributed by atoms with E-state index < -0.39 is 5.82 Å². The smallest absolute Gasteiger partial charge is 0.263 e. The van der Waals surface area contributed by atoms with Gasteiger partial charge < -0.3 is 4.90 Å². The highest BCUT2D eigenvalue weighted by Crippen LogP contribution is 2.39. The number of fused-ring (bicyclic) bond motifs is 1. The van der Waals surface area contributed by atoms with E-state index in [2.05, 4.69) is 37.2 Å². The Morgan fingerprint density at radius 3 is 2.58 bits per heavy atom. The van der Waals surface area contributed by atoms with Crippen molar-refractivity contribution < 1.29 is 4.39 Å². The lowest BCUT2D eigenvalue weighted by Gasteiger charge is -2.26. The summed E-state index contributed by atoms with van der Waals surface area (Å²) in [6.45, 7) is 3.98. The molecule has 4 aromatic heterocycles. The summed E-state index contributed by atoms with van der Waals surface area (Å²) in [5.41, 5.74) is 2.32. The van der Waals surface area contributed by atoms with Crippen molar-refractivity contribution in [3.63, 3.8) is 0 Å². The lowest BCUT2D eigenvalue weighted by Crippen LogP contribution is -2.29. The molecule has 10 heteroatoms. The van der Waals surface area contributed by atoms with Gasteiger partial charge in [0.2, 0.25) is 5.95 Å². The van der Waals surface area contributed by atoms with Crippen LogP contribution in [-0.4, -0.2) is 41.7 Å². The topological polar surface area (TPSA) is 105 Å². The first-order valence-corrected chi connectivity index (χ1v) is 11.1. The average Bonchev–Trinajstić information content (AvgIpc) is 3.59. The number of nitrogens with one attached hydrogen (secondary N) is 1. The van der Waals surface area contributed by atoms with Crippen LogP contribution >= 0.6 is 0 Å². The Bertz CT molecular complexity index is 1330. The maximum atomic E-state index is 13.3. The molecule has 9 nitrogen and oxygen atoms in total. The minimum Gasteiger partial charge on any atom is -0.335 e. The van der Waals surface area contributed by atoms with E-state index in [4.69, 9.17) is 4.98 Å². The maximum Gasteiger partial charge on any atom is 0.263 e. The van der Waals surface area contributed by atoms with Crippen LogP contribution in [0.25, 0.3) is 11.0 Å². The van der Waals surface area contributed by atoms with Crippen molar-refractivity contribution in [2.75, 3.05) is 11.9 Å². The molecule has 2 unspecified atom stereocenters. The zero-order chi connectivity index (χ0) is 23.1. The molecule has 0 amide bonds. The van der Waals surface area contributed by atoms with Crippen LogP contribution in [0.15, 0.2) is 41.7 Å². The Hall–Kier alpha value is -3.69. The van der Waals surface area contributed by atoms with Crippen LogP contribution in [0.2, 0.25) is 0 Å². The molecule has 0 aromatic carbocycles. The number of aromatic nitrogens is 7. The van der Waals surface area contributed by atoms with Gasteiger partial charge in [-0.2, -0.15) is 10.1 Å². The van der Waals surface area contributed by atoms with Crippen molar-refractivity contribution in [3.8, 4) is 0 Å². The SMILES string of the molecule is CCC(c1ncc(F)cn1)N(C)c1nc2c(cnn2C(C)c2ccc(C3CC3)nc2)c(=O)[nH]1. The predicted octanol–water partition coefficient (Wildman–Crippen LogP) is 3.52. The first-order valence-electron chi connectivity index (χ1n) is 11.1. The maximum absolute atomic E-state index is 13.3. The highest BCUT2D eigenvalue weighted by atomic mass is 19.1. The predicted molar refractivity (Wildman–Crippen MR) is 122 cm³/mol. The van der Waals surface area contributed by atoms with E-state index in [1.807, 2.05) is 20.0 Å². The minimum absolute atomic E-state index is 0.155. The molecule has 1 fully saturated rings. The number of H-pyrrole nitrogens is 1. The third-order valence-electron chi connectivity index (χ3n) is 6.23. The Morgan fingerprint density at radius 1 is 1.18 bits per heavy atom. The van der Waals surface area contributed by atoms with Gasteiger partial charge in [0.1, 0.15) is 5.39 Å². The van der Waals surface area contributed by atoms with E-state index >= 15 is 0 Å². The molecule has 33 heavy (non-hydrogen) atoms. The van der Waals surface area contributed by atoms with Crippen molar-refractivity contribution in [1.29, 1.82) is 0 Å². The molecule has 0 radical (unpaired) electrons. The second-order valence-electron chi connectivity index (χ2n) is 8.48. The van der Waals surface area contributed by atoms with E-state index in [0.717, 1.165) is 23.7 Å². The second kappa shape index (κ2) is 8.34. The molecular weight excluding hydrogens is 423 g/mol. The van der Waals surface area contributed by atoms with E-state index in [1.54, 1.807) is 16.6 Å².